The average molecular weight is 260 g/mol. The van der Waals surface area contributed by atoms with Crippen molar-refractivity contribution in [2.45, 2.75) is 25.6 Å². The predicted molar refractivity (Wildman–Crippen MR) is 62.1 cm³/mol. The fraction of sp³-hybridized carbons (Fsp3) is 0.333. The number of rotatable bonds is 1. The fourth-order valence-corrected chi connectivity index (χ4v) is 2.70. The number of benzene rings is 1. The van der Waals surface area contributed by atoms with Crippen molar-refractivity contribution in [1.82, 2.24) is 0 Å². The maximum atomic E-state index is 12.8. The summed E-state index contributed by atoms with van der Waals surface area (Å²) in [6.45, 7) is 3.12. The lowest BCUT2D eigenvalue weighted by Crippen LogP contribution is -2.12. The molecule has 2 aromatic rings. The Morgan fingerprint density at radius 2 is 1.82 bits per heavy atom. The zero-order valence-electron chi connectivity index (χ0n) is 9.30. The number of thiophene rings is 1. The van der Waals surface area contributed by atoms with Crippen LogP contribution in [0, 0.1) is 0 Å². The van der Waals surface area contributed by atoms with Crippen LogP contribution in [0.15, 0.2) is 24.3 Å². The fourth-order valence-electron chi connectivity index (χ4n) is 1.61. The molecule has 0 aliphatic heterocycles. The summed E-state index contributed by atoms with van der Waals surface area (Å²) in [7, 11) is 0. The number of alkyl halides is 3. The molecule has 2 rings (SSSR count). The average Bonchev–Trinajstić information content (AvgIpc) is 2.57. The molecule has 1 nitrogen and oxygen atoms in total. The molecule has 1 aromatic heterocycles. The third-order valence-electron chi connectivity index (χ3n) is 2.47. The quantitative estimate of drug-likeness (QED) is 0.816. The van der Waals surface area contributed by atoms with Gasteiger partial charge in [-0.25, -0.2) is 0 Å². The van der Waals surface area contributed by atoms with Gasteiger partial charge in [0.15, 0.2) is 0 Å². The molecule has 5 heteroatoms. The van der Waals surface area contributed by atoms with E-state index in [4.69, 9.17) is 0 Å². The van der Waals surface area contributed by atoms with E-state index in [2.05, 4.69) is 0 Å². The van der Waals surface area contributed by atoms with Gasteiger partial charge in [0.2, 0.25) is 0 Å². The summed E-state index contributed by atoms with van der Waals surface area (Å²) in [4.78, 5) is 0.532. The molecule has 0 amide bonds. The van der Waals surface area contributed by atoms with Gasteiger partial charge >= 0.3 is 6.18 Å². The summed E-state index contributed by atoms with van der Waals surface area (Å²) in [5.41, 5.74) is -1.77. The molecule has 0 radical (unpaired) electrons. The summed E-state index contributed by atoms with van der Waals surface area (Å²) < 4.78 is 38.8. The number of hydrogen-bond acceptors (Lipinski definition) is 2. The van der Waals surface area contributed by atoms with Crippen LogP contribution in [0.3, 0.4) is 0 Å². The molecule has 0 spiro atoms. The minimum atomic E-state index is -4.36. The van der Waals surface area contributed by atoms with E-state index in [0.29, 0.717) is 9.58 Å². The highest BCUT2D eigenvalue weighted by Crippen LogP contribution is 2.40. The van der Waals surface area contributed by atoms with E-state index in [-0.39, 0.29) is 5.39 Å². The van der Waals surface area contributed by atoms with Crippen LogP contribution >= 0.6 is 11.3 Å². The first-order valence-electron chi connectivity index (χ1n) is 5.02. The van der Waals surface area contributed by atoms with Gasteiger partial charge < -0.3 is 5.11 Å². The second-order valence-corrected chi connectivity index (χ2v) is 5.47. The van der Waals surface area contributed by atoms with Crippen LogP contribution in [0.4, 0.5) is 13.2 Å². The monoisotopic (exact) mass is 260 g/mol. The second-order valence-electron chi connectivity index (χ2n) is 4.38. The third kappa shape index (κ3) is 2.30. The molecule has 0 atom stereocenters. The highest BCUT2D eigenvalue weighted by Gasteiger charge is 2.33. The molecule has 0 saturated carbocycles. The van der Waals surface area contributed by atoms with Crippen molar-refractivity contribution in [3.8, 4) is 0 Å². The largest absolute Gasteiger partial charge is 0.417 e. The Bertz CT molecular complexity index is 549. The first kappa shape index (κ1) is 12.4. The molecule has 1 aromatic carbocycles. The maximum absolute atomic E-state index is 12.8. The van der Waals surface area contributed by atoms with E-state index in [0.717, 1.165) is 6.07 Å². The molecule has 0 saturated heterocycles. The molecule has 0 unspecified atom stereocenters. The maximum Gasteiger partial charge on any atom is 0.417 e. The van der Waals surface area contributed by atoms with Crippen LogP contribution < -0.4 is 0 Å². The van der Waals surface area contributed by atoms with Crippen LogP contribution in [-0.4, -0.2) is 5.11 Å². The van der Waals surface area contributed by atoms with Crippen molar-refractivity contribution in [2.24, 2.45) is 0 Å². The summed E-state index contributed by atoms with van der Waals surface area (Å²) in [5.74, 6) is 0. The van der Waals surface area contributed by atoms with Crippen molar-refractivity contribution in [3.05, 3.63) is 34.7 Å². The summed E-state index contributed by atoms with van der Waals surface area (Å²) in [5, 5.41) is 9.97. The molecule has 0 fully saturated rings. The van der Waals surface area contributed by atoms with Gasteiger partial charge in [-0.15, -0.1) is 11.3 Å². The number of fused-ring (bicyclic) bond motifs is 1. The van der Waals surface area contributed by atoms with Crippen LogP contribution in [0.5, 0.6) is 0 Å². The molecular formula is C12H11F3OS. The zero-order chi connectivity index (χ0) is 12.8. The summed E-state index contributed by atoms with van der Waals surface area (Å²) in [6.07, 6.45) is -4.36. The van der Waals surface area contributed by atoms with Crippen LogP contribution in [0.1, 0.15) is 24.3 Å². The lowest BCUT2D eigenvalue weighted by atomic mass is 10.1. The molecule has 0 aliphatic rings. The van der Waals surface area contributed by atoms with Crippen LogP contribution in [-0.2, 0) is 11.8 Å². The predicted octanol–water partition coefficient (Wildman–Crippen LogP) is 4.15. The van der Waals surface area contributed by atoms with Crippen molar-refractivity contribution in [3.63, 3.8) is 0 Å². The zero-order valence-corrected chi connectivity index (χ0v) is 10.1. The van der Waals surface area contributed by atoms with Gasteiger partial charge in [0.25, 0.3) is 0 Å². The molecule has 92 valence electrons. The topological polar surface area (TPSA) is 20.2 Å². The van der Waals surface area contributed by atoms with Gasteiger partial charge in [0.05, 0.1) is 11.2 Å². The van der Waals surface area contributed by atoms with Gasteiger partial charge in [-0.3, -0.25) is 0 Å². The van der Waals surface area contributed by atoms with E-state index in [1.807, 2.05) is 0 Å². The molecule has 0 aliphatic carbocycles. The number of hydrogen-bond donors (Lipinski definition) is 1. The highest BCUT2D eigenvalue weighted by atomic mass is 32.1. The lowest BCUT2D eigenvalue weighted by molar-refractivity contribution is -0.136. The van der Waals surface area contributed by atoms with E-state index in [9.17, 15) is 18.3 Å². The van der Waals surface area contributed by atoms with Gasteiger partial charge in [0.1, 0.15) is 0 Å². The summed E-state index contributed by atoms with van der Waals surface area (Å²) in [6, 6.07) is 5.49. The van der Waals surface area contributed by atoms with Crippen molar-refractivity contribution in [2.75, 3.05) is 0 Å². The normalized spacial score (nSPS) is 13.3. The molecule has 17 heavy (non-hydrogen) atoms. The van der Waals surface area contributed by atoms with Gasteiger partial charge in [-0.05, 0) is 32.0 Å². The summed E-state index contributed by atoms with van der Waals surface area (Å²) >= 11 is 1.18. The Morgan fingerprint density at radius 3 is 2.35 bits per heavy atom. The smallest absolute Gasteiger partial charge is 0.385 e. The van der Waals surface area contributed by atoms with E-state index >= 15 is 0 Å². The van der Waals surface area contributed by atoms with E-state index < -0.39 is 17.3 Å². The Kier molecular flexibility index (Phi) is 2.71. The Labute approximate surface area is 101 Å². The number of aliphatic hydroxyl groups is 1. The van der Waals surface area contributed by atoms with Crippen molar-refractivity contribution >= 4 is 21.4 Å². The Balaban J connectivity index is 2.70. The molecule has 1 heterocycles. The van der Waals surface area contributed by atoms with Crippen LogP contribution in [0.2, 0.25) is 0 Å². The van der Waals surface area contributed by atoms with E-state index in [1.165, 1.54) is 23.5 Å². The third-order valence-corrected chi connectivity index (χ3v) is 3.88. The second kappa shape index (κ2) is 3.71. The SMILES string of the molecule is CC(C)(O)c1cc2c(C(F)(F)F)cccc2s1. The lowest BCUT2D eigenvalue weighted by Gasteiger charge is -2.13. The highest BCUT2D eigenvalue weighted by molar-refractivity contribution is 7.19. The Morgan fingerprint density at radius 1 is 1.18 bits per heavy atom. The van der Waals surface area contributed by atoms with Crippen molar-refractivity contribution in [1.29, 1.82) is 0 Å². The minimum absolute atomic E-state index is 0.155. The first-order chi connectivity index (χ1) is 7.69. The number of halogens is 3. The molecule has 0 bridgehead atoms. The standard InChI is InChI=1S/C12H11F3OS/c1-11(2,16)10-6-7-8(12(13,14)15)4-3-5-9(7)17-10/h3-6,16H,1-2H3. The van der Waals surface area contributed by atoms with Crippen LogP contribution in [0.25, 0.3) is 10.1 Å². The first-order valence-corrected chi connectivity index (χ1v) is 5.84. The van der Waals surface area contributed by atoms with E-state index in [1.54, 1.807) is 19.9 Å². The Hall–Kier alpha value is -1.07. The molecular weight excluding hydrogens is 249 g/mol. The minimum Gasteiger partial charge on any atom is -0.385 e. The van der Waals surface area contributed by atoms with Gasteiger partial charge in [-0.2, -0.15) is 13.2 Å². The van der Waals surface area contributed by atoms with Gasteiger partial charge in [-0.1, -0.05) is 6.07 Å². The van der Waals surface area contributed by atoms with Gasteiger partial charge in [0, 0.05) is 15.0 Å². The molecule has 1 N–H and O–H groups in total. The van der Waals surface area contributed by atoms with Crippen molar-refractivity contribution < 1.29 is 18.3 Å².